The molecule has 0 N–H and O–H groups in total. The zero-order valence-corrected chi connectivity index (χ0v) is 17.0. The zero-order chi connectivity index (χ0) is 17.3. The minimum atomic E-state index is 0.327. The van der Waals surface area contributed by atoms with Gasteiger partial charge < -0.3 is 0 Å². The highest BCUT2D eigenvalue weighted by molar-refractivity contribution is 4.99. The summed E-state index contributed by atoms with van der Waals surface area (Å²) in [5.74, 6) is 1.95. The van der Waals surface area contributed by atoms with Crippen molar-refractivity contribution < 1.29 is 0 Å². The fourth-order valence-electron chi connectivity index (χ4n) is 2.61. The van der Waals surface area contributed by atoms with Crippen LogP contribution < -0.4 is 0 Å². The largest absolute Gasteiger partial charge is 0.0826 e. The van der Waals surface area contributed by atoms with Crippen molar-refractivity contribution in [1.82, 2.24) is 0 Å². The Balaban J connectivity index is 0.000000384. The molecular formula is C21H42. The van der Waals surface area contributed by atoms with Gasteiger partial charge in [-0.2, -0.15) is 0 Å². The average Bonchev–Trinajstić information content (AvgIpc) is 2.90. The lowest BCUT2D eigenvalue weighted by molar-refractivity contribution is 0.254. The third-order valence-electron chi connectivity index (χ3n) is 4.10. The van der Waals surface area contributed by atoms with Gasteiger partial charge in [-0.25, -0.2) is 0 Å². The molecule has 0 heteroatoms. The minimum Gasteiger partial charge on any atom is -0.0826 e. The Hall–Kier alpha value is -0.260. The normalized spacial score (nSPS) is 23.8. The Kier molecular flexibility index (Phi) is 6.39. The molecule has 1 aliphatic carbocycles. The van der Waals surface area contributed by atoms with Gasteiger partial charge in [0.05, 0.1) is 0 Å². The van der Waals surface area contributed by atoms with Gasteiger partial charge in [-0.15, -0.1) is 0 Å². The van der Waals surface area contributed by atoms with Gasteiger partial charge in [0, 0.05) is 0 Å². The fraction of sp³-hybridized carbons (Fsp3) is 0.905. The molecule has 1 rings (SSSR count). The smallest absolute Gasteiger partial charge is 0.0203 e. The first kappa shape index (κ1) is 20.7. The van der Waals surface area contributed by atoms with Gasteiger partial charge in [0.2, 0.25) is 0 Å². The van der Waals surface area contributed by atoms with E-state index in [-0.39, 0.29) is 0 Å². The highest BCUT2D eigenvalue weighted by Gasteiger charge is 2.50. The maximum atomic E-state index is 2.36. The van der Waals surface area contributed by atoms with Crippen LogP contribution in [0.1, 0.15) is 89.5 Å². The van der Waals surface area contributed by atoms with Crippen molar-refractivity contribution in [2.75, 3.05) is 0 Å². The van der Waals surface area contributed by atoms with E-state index >= 15 is 0 Å². The Bertz CT molecular complexity index is 296. The molecule has 2 unspecified atom stereocenters. The standard InChI is InChI=1S/C11H22.C10H20/c1-10(2,3)8-7-9(8)11(4,5)6;1-9(2,3)7-8-10(4,5)6/h8-9H,7H2,1-6H3;7-8H,1-6H3/b;8-7-. The first-order valence-corrected chi connectivity index (χ1v) is 8.64. The molecule has 0 amide bonds. The molecule has 1 fully saturated rings. The molecule has 126 valence electrons. The van der Waals surface area contributed by atoms with Crippen LogP contribution >= 0.6 is 0 Å². The lowest BCUT2D eigenvalue weighted by Crippen LogP contribution is -2.16. The van der Waals surface area contributed by atoms with Crippen molar-refractivity contribution in [2.45, 2.75) is 89.5 Å². The summed E-state index contributed by atoms with van der Waals surface area (Å²) in [5.41, 5.74) is 1.73. The molecule has 0 aromatic heterocycles. The predicted molar refractivity (Wildman–Crippen MR) is 98.6 cm³/mol. The highest BCUT2D eigenvalue weighted by atomic mass is 14.5. The van der Waals surface area contributed by atoms with E-state index in [4.69, 9.17) is 0 Å². The predicted octanol–water partition coefficient (Wildman–Crippen LogP) is 7.35. The monoisotopic (exact) mass is 294 g/mol. The van der Waals surface area contributed by atoms with Gasteiger partial charge in [-0.1, -0.05) is 95.2 Å². The summed E-state index contributed by atoms with van der Waals surface area (Å²) in [7, 11) is 0. The molecule has 1 saturated carbocycles. The van der Waals surface area contributed by atoms with Crippen LogP contribution in [-0.2, 0) is 0 Å². The highest BCUT2D eigenvalue weighted by Crippen LogP contribution is 2.58. The van der Waals surface area contributed by atoms with Crippen LogP contribution in [0.2, 0.25) is 0 Å². The average molecular weight is 295 g/mol. The summed E-state index contributed by atoms with van der Waals surface area (Å²) >= 11 is 0. The molecule has 0 heterocycles. The summed E-state index contributed by atoms with van der Waals surface area (Å²) in [6.45, 7) is 27.5. The van der Waals surface area contributed by atoms with Crippen molar-refractivity contribution in [3.05, 3.63) is 12.2 Å². The molecule has 2 atom stereocenters. The van der Waals surface area contributed by atoms with E-state index in [1.165, 1.54) is 6.42 Å². The molecule has 0 radical (unpaired) electrons. The van der Waals surface area contributed by atoms with E-state index in [9.17, 15) is 0 Å². The summed E-state index contributed by atoms with van der Waals surface area (Å²) in [6, 6.07) is 0. The fourth-order valence-corrected chi connectivity index (χ4v) is 2.61. The molecule has 21 heavy (non-hydrogen) atoms. The molecule has 0 aliphatic heterocycles. The number of hydrogen-bond donors (Lipinski definition) is 0. The lowest BCUT2D eigenvalue weighted by atomic mass is 9.81. The maximum absolute atomic E-state index is 2.36. The van der Waals surface area contributed by atoms with Gasteiger partial charge in [0.1, 0.15) is 0 Å². The second-order valence-electron chi connectivity index (χ2n) is 11.2. The number of hydrogen-bond acceptors (Lipinski definition) is 0. The van der Waals surface area contributed by atoms with Gasteiger partial charge in [-0.3, -0.25) is 0 Å². The molecule has 0 spiro atoms. The Morgan fingerprint density at radius 1 is 0.524 bits per heavy atom. The summed E-state index contributed by atoms with van der Waals surface area (Å²) in [6.07, 6.45) is 5.99. The molecule has 0 aromatic carbocycles. The van der Waals surface area contributed by atoms with Crippen molar-refractivity contribution in [3.63, 3.8) is 0 Å². The molecule has 0 aromatic rings. The van der Waals surface area contributed by atoms with E-state index in [2.05, 4.69) is 95.2 Å². The van der Waals surface area contributed by atoms with Crippen LogP contribution in [0.15, 0.2) is 12.2 Å². The van der Waals surface area contributed by atoms with E-state index in [1.54, 1.807) is 0 Å². The van der Waals surface area contributed by atoms with Gasteiger partial charge in [0.15, 0.2) is 0 Å². The summed E-state index contributed by atoms with van der Waals surface area (Å²) < 4.78 is 0. The molecular weight excluding hydrogens is 252 g/mol. The zero-order valence-electron chi connectivity index (χ0n) is 17.0. The molecule has 1 aliphatic rings. The van der Waals surface area contributed by atoms with Gasteiger partial charge >= 0.3 is 0 Å². The number of rotatable bonds is 0. The quantitative estimate of drug-likeness (QED) is 0.410. The van der Waals surface area contributed by atoms with E-state index in [1.807, 2.05) is 0 Å². The number of allylic oxidation sites excluding steroid dienone is 2. The van der Waals surface area contributed by atoms with Crippen molar-refractivity contribution in [1.29, 1.82) is 0 Å². The minimum absolute atomic E-state index is 0.327. The van der Waals surface area contributed by atoms with Gasteiger partial charge in [0.25, 0.3) is 0 Å². The van der Waals surface area contributed by atoms with Crippen LogP contribution in [0, 0.1) is 33.5 Å². The van der Waals surface area contributed by atoms with E-state index in [0.717, 1.165) is 11.8 Å². The topological polar surface area (TPSA) is 0 Å². The van der Waals surface area contributed by atoms with Crippen LogP contribution in [0.25, 0.3) is 0 Å². The van der Waals surface area contributed by atoms with Crippen LogP contribution in [0.5, 0.6) is 0 Å². The van der Waals surface area contributed by atoms with E-state index in [0.29, 0.717) is 21.7 Å². The molecule has 0 nitrogen and oxygen atoms in total. The van der Waals surface area contributed by atoms with Gasteiger partial charge in [-0.05, 0) is 39.9 Å². The Morgan fingerprint density at radius 3 is 0.857 bits per heavy atom. The third-order valence-corrected chi connectivity index (χ3v) is 4.10. The second-order valence-corrected chi connectivity index (χ2v) is 11.2. The van der Waals surface area contributed by atoms with E-state index < -0.39 is 0 Å². The Labute approximate surface area is 135 Å². The van der Waals surface area contributed by atoms with Crippen molar-refractivity contribution in [2.24, 2.45) is 33.5 Å². The van der Waals surface area contributed by atoms with Crippen LogP contribution in [-0.4, -0.2) is 0 Å². The van der Waals surface area contributed by atoms with Crippen molar-refractivity contribution >= 4 is 0 Å². The summed E-state index contributed by atoms with van der Waals surface area (Å²) in [4.78, 5) is 0. The van der Waals surface area contributed by atoms with Crippen LogP contribution in [0.3, 0.4) is 0 Å². The van der Waals surface area contributed by atoms with Crippen molar-refractivity contribution in [3.8, 4) is 0 Å². The third kappa shape index (κ3) is 10.1. The molecule has 0 saturated heterocycles. The first-order valence-electron chi connectivity index (χ1n) is 8.64. The first-order chi connectivity index (χ1) is 8.93. The SMILES string of the molecule is CC(C)(C)/C=C\C(C)(C)C.CC(C)(C)C1CC1C(C)(C)C. The maximum Gasteiger partial charge on any atom is -0.0203 e. The Morgan fingerprint density at radius 2 is 0.762 bits per heavy atom. The lowest BCUT2D eigenvalue weighted by Gasteiger charge is -2.24. The second kappa shape index (κ2) is 6.47. The molecule has 0 bridgehead atoms. The van der Waals surface area contributed by atoms with Crippen LogP contribution in [0.4, 0.5) is 0 Å². The summed E-state index contributed by atoms with van der Waals surface area (Å²) in [5, 5.41) is 0.